The van der Waals surface area contributed by atoms with Gasteiger partial charge in [-0.25, -0.2) is 8.42 Å². The Morgan fingerprint density at radius 1 is 0.862 bits per heavy atom. The van der Waals surface area contributed by atoms with Crippen molar-refractivity contribution in [3.8, 4) is 0 Å². The lowest BCUT2D eigenvalue weighted by atomic mass is 10.1. The lowest BCUT2D eigenvalue weighted by Gasteiger charge is -2.10. The fourth-order valence-corrected chi connectivity index (χ4v) is 3.56. The van der Waals surface area contributed by atoms with Crippen LogP contribution < -0.4 is 10.6 Å². The zero-order valence-electron chi connectivity index (χ0n) is 14.9. The number of carbonyl (C=O) groups is 2. The van der Waals surface area contributed by atoms with Crippen LogP contribution in [0.4, 0.5) is 0 Å². The van der Waals surface area contributed by atoms with E-state index in [4.69, 9.17) is 4.55 Å². The average Bonchev–Trinajstić information content (AvgIpc) is 2.59. The summed E-state index contributed by atoms with van der Waals surface area (Å²) in [6.45, 7) is -0.182. The minimum atomic E-state index is -4.75. The van der Waals surface area contributed by atoms with Gasteiger partial charge in [-0.3, -0.25) is 18.7 Å². The van der Waals surface area contributed by atoms with Crippen LogP contribution in [-0.4, -0.2) is 70.8 Å². The topological polar surface area (TPSA) is 201 Å². The molecule has 164 valence electrons. The molecule has 0 fully saturated rings. The van der Waals surface area contributed by atoms with Crippen LogP contribution in [0.15, 0.2) is 23.1 Å². The Morgan fingerprint density at radius 3 is 1.76 bits per heavy atom. The lowest BCUT2D eigenvalue weighted by Crippen LogP contribution is -2.28. The molecule has 0 aromatic heterocycles. The van der Waals surface area contributed by atoms with Gasteiger partial charge in [0.15, 0.2) is 0 Å². The van der Waals surface area contributed by atoms with Crippen molar-refractivity contribution in [2.45, 2.75) is 17.7 Å². The van der Waals surface area contributed by atoms with E-state index in [0.29, 0.717) is 0 Å². The summed E-state index contributed by atoms with van der Waals surface area (Å²) >= 11 is 0. The van der Waals surface area contributed by atoms with Gasteiger partial charge in [-0.1, -0.05) is 0 Å². The molecule has 1 aromatic carbocycles. The second-order valence-electron chi connectivity index (χ2n) is 5.78. The third-order valence-electron chi connectivity index (χ3n) is 3.40. The van der Waals surface area contributed by atoms with E-state index in [9.17, 15) is 39.4 Å². The molecule has 0 bridgehead atoms. The van der Waals surface area contributed by atoms with E-state index in [1.807, 2.05) is 0 Å². The van der Waals surface area contributed by atoms with E-state index < -0.39 is 53.4 Å². The van der Waals surface area contributed by atoms with Gasteiger partial charge in [0.05, 0.1) is 10.6 Å². The van der Waals surface area contributed by atoms with E-state index in [1.165, 1.54) is 0 Å². The van der Waals surface area contributed by atoms with Crippen LogP contribution in [0.2, 0.25) is 0 Å². The summed E-state index contributed by atoms with van der Waals surface area (Å²) < 4.78 is 82.9. The number of nitrogens with one attached hydrogen (secondary N) is 2. The van der Waals surface area contributed by atoms with Gasteiger partial charge < -0.3 is 10.6 Å². The maximum absolute atomic E-state index is 12.2. The zero-order valence-corrected chi connectivity index (χ0v) is 17.4. The summed E-state index contributed by atoms with van der Waals surface area (Å²) in [6.07, 6.45) is 0.0153. The molecule has 29 heavy (non-hydrogen) atoms. The molecule has 1 aromatic rings. The van der Waals surface area contributed by atoms with Gasteiger partial charge in [-0.15, -0.1) is 0 Å². The molecule has 4 N–H and O–H groups in total. The molecule has 0 saturated carbocycles. The van der Waals surface area contributed by atoms with Crippen molar-refractivity contribution in [3.63, 3.8) is 0 Å². The van der Waals surface area contributed by atoms with Gasteiger partial charge in [0, 0.05) is 30.0 Å². The second-order valence-corrected chi connectivity index (χ2v) is 9.89. The molecule has 0 atom stereocenters. The van der Waals surface area contributed by atoms with Gasteiger partial charge in [-0.05, 0) is 31.0 Å². The molecule has 0 spiro atoms. The summed E-state index contributed by atoms with van der Waals surface area (Å²) in [5.74, 6) is -2.39. The van der Waals surface area contributed by atoms with E-state index in [2.05, 4.69) is 10.6 Å². The quantitative estimate of drug-likeness (QED) is 0.146. The number of thiol groups is 1. The Bertz CT molecular complexity index is 1040. The van der Waals surface area contributed by atoms with Crippen LogP contribution in [0.1, 0.15) is 33.6 Å². The maximum Gasteiger partial charge on any atom is 0.294 e. The van der Waals surface area contributed by atoms with Crippen LogP contribution in [-0.2, 0) is 30.9 Å². The maximum atomic E-state index is 12.2. The Morgan fingerprint density at radius 2 is 1.34 bits per heavy atom. The monoisotopic (exact) mass is 472 g/mol. The molecule has 0 saturated heterocycles. The molecule has 0 heterocycles. The Kier molecular flexibility index (Phi) is 9.15. The van der Waals surface area contributed by atoms with Crippen LogP contribution >= 0.6 is 0 Å². The van der Waals surface area contributed by atoms with Crippen molar-refractivity contribution in [1.29, 1.82) is 0 Å². The number of hydrogen-bond acceptors (Lipinski definition) is 8. The molecule has 0 radical (unpaired) electrons. The molecule has 2 amide bonds. The summed E-state index contributed by atoms with van der Waals surface area (Å²) in [6, 6.07) is 2.72. The molecule has 1 rings (SSSR count). The lowest BCUT2D eigenvalue weighted by molar-refractivity contribution is 0.0953. The summed E-state index contributed by atoms with van der Waals surface area (Å²) in [4.78, 5) is 23.6. The van der Waals surface area contributed by atoms with Gasteiger partial charge in [0.25, 0.3) is 32.1 Å². The number of rotatable bonds is 11. The molecular formula is C14H20N2O10S3. The minimum absolute atomic E-state index is 0.0184. The molecule has 0 aliphatic rings. The first kappa shape index (κ1) is 25.0. The van der Waals surface area contributed by atoms with Crippen molar-refractivity contribution in [2.75, 3.05) is 24.6 Å². The van der Waals surface area contributed by atoms with Crippen molar-refractivity contribution in [2.24, 2.45) is 0 Å². The molecule has 12 nitrogen and oxygen atoms in total. The zero-order chi connectivity index (χ0) is 22.2. The Hall–Kier alpha value is -2.07. The highest BCUT2D eigenvalue weighted by atomic mass is 32.2. The van der Waals surface area contributed by atoms with Gasteiger partial charge >= 0.3 is 0 Å². The van der Waals surface area contributed by atoms with E-state index in [-0.39, 0.29) is 42.8 Å². The summed E-state index contributed by atoms with van der Waals surface area (Å²) in [7, 11) is -11.6. The van der Waals surface area contributed by atoms with Crippen LogP contribution in [0.3, 0.4) is 0 Å². The standard InChI is InChI=1S/C14H20N2O10S3/c17-13(15-3-1-5-27(19)20)10-7-11(9-12(8-10)29(24,25)26)14(18)16-4-2-6-28(21,22)23/h7-9,27H,1-6H2,(H,15,17)(H,16,18)(H,21,22,23)(H,24,25,26). The number of amides is 2. The molecule has 0 unspecified atom stereocenters. The minimum Gasteiger partial charge on any atom is -0.352 e. The van der Waals surface area contributed by atoms with Crippen molar-refractivity contribution >= 4 is 42.8 Å². The normalized spacial score (nSPS) is 12.0. The highest BCUT2D eigenvalue weighted by Gasteiger charge is 2.18. The van der Waals surface area contributed by atoms with Gasteiger partial charge in [-0.2, -0.15) is 16.8 Å². The highest BCUT2D eigenvalue weighted by Crippen LogP contribution is 2.16. The van der Waals surface area contributed by atoms with E-state index in [1.54, 1.807) is 0 Å². The largest absolute Gasteiger partial charge is 0.352 e. The number of hydrogen-bond donors (Lipinski definition) is 5. The van der Waals surface area contributed by atoms with Crippen LogP contribution in [0.5, 0.6) is 0 Å². The smallest absolute Gasteiger partial charge is 0.294 e. The molecule has 15 heteroatoms. The van der Waals surface area contributed by atoms with Crippen molar-refractivity contribution in [3.05, 3.63) is 29.3 Å². The first-order chi connectivity index (χ1) is 13.3. The fraction of sp³-hybridized carbons (Fsp3) is 0.429. The Balaban J connectivity index is 2.95. The SMILES string of the molecule is O=C(NCCC[SH](=O)=O)c1cc(C(=O)NCCCS(=O)(=O)O)cc(S(=O)(=O)O)c1. The number of benzene rings is 1. The highest BCUT2D eigenvalue weighted by molar-refractivity contribution is 7.86. The third-order valence-corrected chi connectivity index (χ3v) is 5.71. The Labute approximate surface area is 169 Å². The predicted octanol–water partition coefficient (Wildman–Crippen LogP) is -1.33. The van der Waals surface area contributed by atoms with Gasteiger partial charge in [0.2, 0.25) is 0 Å². The summed E-state index contributed by atoms with van der Waals surface area (Å²) in [5.41, 5.74) is -0.561. The fourth-order valence-electron chi connectivity index (χ4n) is 2.08. The molecule has 0 aliphatic heterocycles. The second kappa shape index (κ2) is 10.6. The molecule has 0 aliphatic carbocycles. The molecular weight excluding hydrogens is 452 g/mol. The summed E-state index contributed by atoms with van der Waals surface area (Å²) in [5, 5.41) is 4.65. The number of carbonyl (C=O) groups excluding carboxylic acids is 2. The third kappa shape index (κ3) is 9.80. The first-order valence-electron chi connectivity index (χ1n) is 8.05. The van der Waals surface area contributed by atoms with Crippen molar-refractivity contribution in [1.82, 2.24) is 10.6 Å². The van der Waals surface area contributed by atoms with E-state index in [0.717, 1.165) is 18.2 Å². The average molecular weight is 473 g/mol. The van der Waals surface area contributed by atoms with Crippen LogP contribution in [0.25, 0.3) is 0 Å². The van der Waals surface area contributed by atoms with E-state index >= 15 is 0 Å². The van der Waals surface area contributed by atoms with Gasteiger partial charge in [0.1, 0.15) is 10.7 Å². The predicted molar refractivity (Wildman–Crippen MR) is 102 cm³/mol. The first-order valence-corrected chi connectivity index (χ1v) is 12.5. The van der Waals surface area contributed by atoms with Crippen molar-refractivity contribution < 1.29 is 43.9 Å². The van der Waals surface area contributed by atoms with Crippen LogP contribution in [0, 0.1) is 0 Å².